The third-order valence-corrected chi connectivity index (χ3v) is 3.74. The Morgan fingerprint density at radius 1 is 1.24 bits per heavy atom. The second kappa shape index (κ2) is 5.57. The maximum atomic E-state index is 12.5. The number of nitrogens with one attached hydrogen (secondary N) is 2. The molecule has 2 aromatic rings. The smallest absolute Gasteiger partial charge is 0.249 e. The molecular formula is C15H17N5O. The molecule has 1 unspecified atom stereocenters. The van der Waals surface area contributed by atoms with Crippen molar-refractivity contribution in [3.63, 3.8) is 0 Å². The van der Waals surface area contributed by atoms with E-state index < -0.39 is 0 Å². The number of anilines is 1. The van der Waals surface area contributed by atoms with E-state index in [1.165, 1.54) is 0 Å². The third kappa shape index (κ3) is 2.75. The molecule has 6 heteroatoms. The molecular weight excluding hydrogens is 266 g/mol. The number of hydrogen-bond donors (Lipinski definition) is 2. The number of fused-ring (bicyclic) bond motifs is 1. The minimum absolute atomic E-state index is 0.111. The van der Waals surface area contributed by atoms with Crippen LogP contribution in [0.5, 0.6) is 0 Å². The first-order valence-corrected chi connectivity index (χ1v) is 6.92. The lowest BCUT2D eigenvalue weighted by Crippen LogP contribution is -2.35. The van der Waals surface area contributed by atoms with Crippen LogP contribution in [0.15, 0.2) is 24.3 Å². The Labute approximate surface area is 123 Å². The Morgan fingerprint density at radius 3 is 2.86 bits per heavy atom. The average molecular weight is 283 g/mol. The Bertz CT molecular complexity index is 686. The number of aryl methyl sites for hydroxylation is 2. The van der Waals surface area contributed by atoms with Gasteiger partial charge in [-0.3, -0.25) is 10.1 Å². The van der Waals surface area contributed by atoms with E-state index in [9.17, 15) is 4.79 Å². The van der Waals surface area contributed by atoms with E-state index >= 15 is 0 Å². The van der Waals surface area contributed by atoms with Crippen LogP contribution in [0.2, 0.25) is 0 Å². The standard InChI is InChI=1S/C15H17N5O/c1-9-10(2)19-20-15(17-9)18-14(21)13-8-16-7-11-5-3-4-6-12(11)13/h3-6,13,16H,7-8H2,1-2H3,(H,17,18,20,21). The Kier molecular flexibility index (Phi) is 3.62. The minimum Gasteiger partial charge on any atom is -0.312 e. The van der Waals surface area contributed by atoms with Crippen molar-refractivity contribution >= 4 is 11.9 Å². The van der Waals surface area contributed by atoms with E-state index in [0.29, 0.717) is 6.54 Å². The van der Waals surface area contributed by atoms with E-state index in [4.69, 9.17) is 0 Å². The molecule has 6 nitrogen and oxygen atoms in total. The van der Waals surface area contributed by atoms with Crippen LogP contribution in [0.25, 0.3) is 0 Å². The quantitative estimate of drug-likeness (QED) is 0.868. The Hall–Kier alpha value is -2.34. The molecule has 1 atom stereocenters. The largest absolute Gasteiger partial charge is 0.312 e. The Morgan fingerprint density at radius 2 is 2.05 bits per heavy atom. The van der Waals surface area contributed by atoms with E-state index in [1.54, 1.807) is 0 Å². The summed E-state index contributed by atoms with van der Waals surface area (Å²) in [6, 6.07) is 7.98. The lowest BCUT2D eigenvalue weighted by molar-refractivity contribution is -0.117. The molecule has 2 heterocycles. The zero-order valence-electron chi connectivity index (χ0n) is 12.1. The molecule has 0 saturated carbocycles. The van der Waals surface area contributed by atoms with Crippen LogP contribution in [-0.4, -0.2) is 27.6 Å². The van der Waals surface area contributed by atoms with Gasteiger partial charge in [0.15, 0.2) is 0 Å². The molecule has 108 valence electrons. The first kappa shape index (κ1) is 13.6. The van der Waals surface area contributed by atoms with Crippen molar-refractivity contribution in [2.24, 2.45) is 0 Å². The lowest BCUT2D eigenvalue weighted by Gasteiger charge is -2.25. The normalized spacial score (nSPS) is 17.1. The van der Waals surface area contributed by atoms with Gasteiger partial charge in [-0.25, -0.2) is 4.98 Å². The fourth-order valence-electron chi connectivity index (χ4n) is 2.44. The highest BCUT2D eigenvalue weighted by Crippen LogP contribution is 2.24. The first-order valence-electron chi connectivity index (χ1n) is 6.92. The second-order valence-electron chi connectivity index (χ2n) is 5.18. The van der Waals surface area contributed by atoms with Crippen molar-refractivity contribution in [1.82, 2.24) is 20.5 Å². The minimum atomic E-state index is -0.236. The average Bonchev–Trinajstić information content (AvgIpc) is 2.50. The van der Waals surface area contributed by atoms with Gasteiger partial charge >= 0.3 is 0 Å². The molecule has 1 aromatic heterocycles. The van der Waals surface area contributed by atoms with Crippen molar-refractivity contribution in [3.8, 4) is 0 Å². The number of amides is 1. The summed E-state index contributed by atoms with van der Waals surface area (Å²) in [7, 11) is 0. The number of aromatic nitrogens is 3. The summed E-state index contributed by atoms with van der Waals surface area (Å²) in [5, 5.41) is 13.9. The molecule has 0 saturated heterocycles. The maximum absolute atomic E-state index is 12.5. The van der Waals surface area contributed by atoms with Gasteiger partial charge in [0, 0.05) is 13.1 Å². The van der Waals surface area contributed by atoms with Gasteiger partial charge in [0.25, 0.3) is 0 Å². The first-order chi connectivity index (χ1) is 10.1. The molecule has 0 fully saturated rings. The van der Waals surface area contributed by atoms with Gasteiger partial charge in [-0.15, -0.1) is 5.10 Å². The fourth-order valence-corrected chi connectivity index (χ4v) is 2.44. The molecule has 2 N–H and O–H groups in total. The number of nitrogens with zero attached hydrogens (tertiary/aromatic N) is 3. The molecule has 1 aliphatic heterocycles. The summed E-state index contributed by atoms with van der Waals surface area (Å²) in [5.41, 5.74) is 3.74. The van der Waals surface area contributed by atoms with Gasteiger partial charge in [-0.2, -0.15) is 5.10 Å². The van der Waals surface area contributed by atoms with E-state index in [2.05, 4.69) is 25.8 Å². The fraction of sp³-hybridized carbons (Fsp3) is 0.333. The highest BCUT2D eigenvalue weighted by atomic mass is 16.2. The molecule has 0 radical (unpaired) electrons. The molecule has 1 aliphatic rings. The molecule has 3 rings (SSSR count). The van der Waals surface area contributed by atoms with Crippen LogP contribution in [0.1, 0.15) is 28.4 Å². The molecule has 1 aromatic carbocycles. The number of carbonyl (C=O) groups is 1. The van der Waals surface area contributed by atoms with Crippen LogP contribution in [-0.2, 0) is 11.3 Å². The zero-order valence-corrected chi connectivity index (χ0v) is 12.1. The highest BCUT2D eigenvalue weighted by Gasteiger charge is 2.26. The van der Waals surface area contributed by atoms with Crippen molar-refractivity contribution < 1.29 is 4.79 Å². The lowest BCUT2D eigenvalue weighted by atomic mass is 9.90. The van der Waals surface area contributed by atoms with Crippen LogP contribution >= 0.6 is 0 Å². The maximum Gasteiger partial charge on any atom is 0.249 e. The van der Waals surface area contributed by atoms with Crippen LogP contribution in [0.3, 0.4) is 0 Å². The van der Waals surface area contributed by atoms with Gasteiger partial charge in [0.1, 0.15) is 0 Å². The summed E-state index contributed by atoms with van der Waals surface area (Å²) in [4.78, 5) is 16.7. The van der Waals surface area contributed by atoms with Gasteiger partial charge in [-0.05, 0) is 25.0 Å². The molecule has 1 amide bonds. The predicted octanol–water partition coefficient (Wildman–Crippen LogP) is 1.31. The van der Waals surface area contributed by atoms with Gasteiger partial charge in [0.05, 0.1) is 17.3 Å². The van der Waals surface area contributed by atoms with Gasteiger partial charge < -0.3 is 5.32 Å². The van der Waals surface area contributed by atoms with Crippen LogP contribution < -0.4 is 10.6 Å². The molecule has 21 heavy (non-hydrogen) atoms. The van der Waals surface area contributed by atoms with Crippen molar-refractivity contribution in [2.45, 2.75) is 26.3 Å². The van der Waals surface area contributed by atoms with Crippen molar-refractivity contribution in [1.29, 1.82) is 0 Å². The summed E-state index contributed by atoms with van der Waals surface area (Å²) in [6.07, 6.45) is 0. The molecule has 0 bridgehead atoms. The van der Waals surface area contributed by atoms with Crippen LogP contribution in [0, 0.1) is 13.8 Å². The summed E-state index contributed by atoms with van der Waals surface area (Å²) < 4.78 is 0. The number of benzene rings is 1. The molecule has 0 spiro atoms. The number of carbonyl (C=O) groups excluding carboxylic acids is 1. The molecule has 0 aliphatic carbocycles. The number of rotatable bonds is 2. The zero-order chi connectivity index (χ0) is 14.8. The van der Waals surface area contributed by atoms with Gasteiger partial charge in [0.2, 0.25) is 11.9 Å². The summed E-state index contributed by atoms with van der Waals surface area (Å²) >= 11 is 0. The van der Waals surface area contributed by atoms with Crippen LogP contribution in [0.4, 0.5) is 5.95 Å². The summed E-state index contributed by atoms with van der Waals surface area (Å²) in [5.74, 6) is -0.0917. The highest BCUT2D eigenvalue weighted by molar-refractivity contribution is 5.95. The second-order valence-corrected chi connectivity index (χ2v) is 5.18. The van der Waals surface area contributed by atoms with E-state index in [1.807, 2.05) is 38.1 Å². The Balaban J connectivity index is 1.81. The number of hydrogen-bond acceptors (Lipinski definition) is 5. The monoisotopic (exact) mass is 283 g/mol. The summed E-state index contributed by atoms with van der Waals surface area (Å²) in [6.45, 7) is 5.09. The third-order valence-electron chi connectivity index (χ3n) is 3.74. The van der Waals surface area contributed by atoms with Crippen molar-refractivity contribution in [3.05, 3.63) is 46.8 Å². The predicted molar refractivity (Wildman–Crippen MR) is 78.8 cm³/mol. The topological polar surface area (TPSA) is 79.8 Å². The van der Waals surface area contributed by atoms with E-state index in [-0.39, 0.29) is 17.8 Å². The van der Waals surface area contributed by atoms with Crippen molar-refractivity contribution in [2.75, 3.05) is 11.9 Å². The van der Waals surface area contributed by atoms with E-state index in [0.717, 1.165) is 29.1 Å². The van der Waals surface area contributed by atoms with Gasteiger partial charge in [-0.1, -0.05) is 24.3 Å². The SMILES string of the molecule is Cc1nnc(NC(=O)C2CNCc3ccccc32)nc1C.